The highest BCUT2D eigenvalue weighted by molar-refractivity contribution is 5.83. The molecule has 2 aromatic carbocycles. The molecule has 3 N–H and O–H groups in total. The molecule has 2 aliphatic heterocycles. The smallest absolute Gasteiger partial charge is 0.222 e. The van der Waals surface area contributed by atoms with E-state index in [1.54, 1.807) is 6.07 Å². The Hall–Kier alpha value is -3.87. The van der Waals surface area contributed by atoms with Gasteiger partial charge in [0.25, 0.3) is 0 Å². The van der Waals surface area contributed by atoms with Gasteiger partial charge in [0.2, 0.25) is 5.95 Å². The summed E-state index contributed by atoms with van der Waals surface area (Å²) in [7, 11) is 1.95. The van der Waals surface area contributed by atoms with E-state index in [0.717, 1.165) is 59.7 Å². The Balaban J connectivity index is 1.49. The highest BCUT2D eigenvalue weighted by Crippen LogP contribution is 2.34. The van der Waals surface area contributed by atoms with Crippen molar-refractivity contribution in [3.05, 3.63) is 72.2 Å². The van der Waals surface area contributed by atoms with Crippen LogP contribution in [0.1, 0.15) is 11.1 Å². The van der Waals surface area contributed by atoms with E-state index in [9.17, 15) is 4.39 Å². The zero-order valence-electron chi connectivity index (χ0n) is 18.0. The summed E-state index contributed by atoms with van der Waals surface area (Å²) in [5, 5.41) is 9.49. The minimum absolute atomic E-state index is 0.184. The summed E-state index contributed by atoms with van der Waals surface area (Å²) >= 11 is 0. The van der Waals surface area contributed by atoms with Crippen LogP contribution in [0.2, 0.25) is 0 Å². The Bertz CT molecular complexity index is 1220. The minimum atomic E-state index is -0.573. The lowest BCUT2D eigenvalue weighted by Crippen LogP contribution is -2.35. The van der Waals surface area contributed by atoms with Crippen LogP contribution in [0.5, 0.6) is 0 Å². The molecule has 1 aromatic heterocycles. The Morgan fingerprint density at radius 1 is 1.00 bits per heavy atom. The molecule has 0 atom stereocenters. The van der Waals surface area contributed by atoms with Crippen molar-refractivity contribution in [2.75, 3.05) is 37.3 Å². The number of nitrogen functional groups attached to an aromatic ring is 1. The van der Waals surface area contributed by atoms with Gasteiger partial charge in [-0.3, -0.25) is 5.01 Å². The molecule has 162 valence electrons. The number of benzene rings is 2. The first-order valence-electron chi connectivity index (χ1n) is 10.6. The van der Waals surface area contributed by atoms with Crippen LogP contribution >= 0.6 is 0 Å². The van der Waals surface area contributed by atoms with Crippen LogP contribution in [0, 0.1) is 5.95 Å². The molecule has 0 radical (unpaired) electrons. The molecule has 3 heterocycles. The van der Waals surface area contributed by atoms with E-state index < -0.39 is 5.95 Å². The molecule has 6 nitrogen and oxygen atoms in total. The van der Waals surface area contributed by atoms with E-state index in [0.29, 0.717) is 5.56 Å². The minimum Gasteiger partial charge on any atom is -0.385 e. The van der Waals surface area contributed by atoms with Crippen molar-refractivity contribution in [3.63, 3.8) is 0 Å². The summed E-state index contributed by atoms with van der Waals surface area (Å²) in [4.78, 5) is 6.09. The van der Waals surface area contributed by atoms with Crippen LogP contribution < -0.4 is 16.0 Å². The third-order valence-corrected chi connectivity index (χ3v) is 6.04. The van der Waals surface area contributed by atoms with Gasteiger partial charge in [-0.25, -0.2) is 4.98 Å². The molecule has 32 heavy (non-hydrogen) atoms. The predicted molar refractivity (Wildman–Crippen MR) is 129 cm³/mol. The SMILES string of the molecule is C=C1NCCc2cc(-c3cc(-c4ccc(N5C=NN(C)CC5)cc4)c(F)nc3N)ccc21. The molecule has 0 amide bonds. The van der Waals surface area contributed by atoms with Gasteiger partial charge in [-0.2, -0.15) is 9.49 Å². The van der Waals surface area contributed by atoms with Crippen LogP contribution in [-0.4, -0.2) is 43.0 Å². The van der Waals surface area contributed by atoms with Crippen LogP contribution in [-0.2, 0) is 6.42 Å². The lowest BCUT2D eigenvalue weighted by Gasteiger charge is -2.27. The van der Waals surface area contributed by atoms with Gasteiger partial charge in [0.1, 0.15) is 12.2 Å². The zero-order valence-corrected chi connectivity index (χ0v) is 18.0. The molecule has 0 spiro atoms. The topological polar surface area (TPSA) is 69.8 Å². The number of pyridine rings is 1. The van der Waals surface area contributed by atoms with Crippen molar-refractivity contribution in [3.8, 4) is 22.3 Å². The standard InChI is InChI=1S/C25H25FN6/c1-16-21-8-5-18(13-19(21)9-10-28-16)23-14-22(24(26)30-25(23)27)17-3-6-20(7-4-17)32-12-11-31(2)29-15-32/h3-8,13-15,28H,1,9-12H2,2H3,(H2,27,30). The number of nitrogens with one attached hydrogen (secondary N) is 1. The van der Waals surface area contributed by atoms with Gasteiger partial charge in [0, 0.05) is 48.2 Å². The number of halogens is 1. The number of fused-ring (bicyclic) bond motifs is 1. The van der Waals surface area contributed by atoms with Crippen molar-refractivity contribution >= 4 is 23.5 Å². The summed E-state index contributed by atoms with van der Waals surface area (Å²) in [6.45, 7) is 6.62. The number of likely N-dealkylation sites (N-methyl/N-ethyl adjacent to an activating group) is 1. The first-order chi connectivity index (χ1) is 15.5. The fourth-order valence-electron chi connectivity index (χ4n) is 4.19. The molecule has 5 rings (SSSR count). The quantitative estimate of drug-likeness (QED) is 0.619. The number of nitrogens with zero attached hydrogens (tertiary/aromatic N) is 4. The van der Waals surface area contributed by atoms with E-state index in [1.165, 1.54) is 5.56 Å². The van der Waals surface area contributed by atoms with Crippen LogP contribution in [0.25, 0.3) is 28.0 Å². The fourth-order valence-corrected chi connectivity index (χ4v) is 4.19. The van der Waals surface area contributed by atoms with Gasteiger partial charge in [0.15, 0.2) is 0 Å². The maximum Gasteiger partial charge on any atom is 0.222 e. The number of rotatable bonds is 3. The van der Waals surface area contributed by atoms with E-state index in [2.05, 4.69) is 32.9 Å². The van der Waals surface area contributed by atoms with E-state index in [4.69, 9.17) is 5.73 Å². The van der Waals surface area contributed by atoms with Crippen LogP contribution in [0.15, 0.2) is 60.2 Å². The number of hydrogen-bond acceptors (Lipinski definition) is 6. The molecule has 0 bridgehead atoms. The van der Waals surface area contributed by atoms with E-state index in [-0.39, 0.29) is 5.82 Å². The average Bonchev–Trinajstić information content (AvgIpc) is 2.80. The molecule has 3 aromatic rings. The average molecular weight is 429 g/mol. The van der Waals surface area contributed by atoms with Gasteiger partial charge in [-0.1, -0.05) is 36.9 Å². The largest absolute Gasteiger partial charge is 0.385 e. The molecule has 0 unspecified atom stereocenters. The first-order valence-corrected chi connectivity index (χ1v) is 10.6. The second kappa shape index (κ2) is 8.00. The number of aromatic nitrogens is 1. The Morgan fingerprint density at radius 2 is 1.78 bits per heavy atom. The van der Waals surface area contributed by atoms with Gasteiger partial charge >= 0.3 is 0 Å². The van der Waals surface area contributed by atoms with E-state index in [1.807, 2.05) is 54.8 Å². The maximum atomic E-state index is 14.8. The summed E-state index contributed by atoms with van der Waals surface area (Å²) in [5.41, 5.74) is 13.2. The van der Waals surface area contributed by atoms with Gasteiger partial charge < -0.3 is 16.0 Å². The molecular weight excluding hydrogens is 403 g/mol. The van der Waals surface area contributed by atoms with Gasteiger partial charge in [-0.15, -0.1) is 0 Å². The number of anilines is 2. The van der Waals surface area contributed by atoms with Crippen molar-refractivity contribution < 1.29 is 4.39 Å². The number of nitrogens with two attached hydrogens (primary N) is 1. The highest BCUT2D eigenvalue weighted by atomic mass is 19.1. The van der Waals surface area contributed by atoms with Crippen molar-refractivity contribution in [1.82, 2.24) is 15.3 Å². The lowest BCUT2D eigenvalue weighted by molar-refractivity contribution is 0.353. The number of hydrogen-bond donors (Lipinski definition) is 2. The molecule has 0 saturated carbocycles. The second-order valence-corrected chi connectivity index (χ2v) is 8.14. The molecule has 0 aliphatic carbocycles. The summed E-state index contributed by atoms with van der Waals surface area (Å²) in [6, 6.07) is 15.7. The van der Waals surface area contributed by atoms with E-state index >= 15 is 0 Å². The molecule has 2 aliphatic rings. The van der Waals surface area contributed by atoms with Gasteiger partial charge in [-0.05, 0) is 41.3 Å². The maximum absolute atomic E-state index is 14.8. The van der Waals surface area contributed by atoms with Crippen molar-refractivity contribution in [2.24, 2.45) is 5.10 Å². The molecule has 0 saturated heterocycles. The lowest BCUT2D eigenvalue weighted by atomic mass is 9.93. The second-order valence-electron chi connectivity index (χ2n) is 8.14. The third-order valence-electron chi connectivity index (χ3n) is 6.04. The molecule has 0 fully saturated rings. The first kappa shape index (κ1) is 20.1. The Kier molecular flexibility index (Phi) is 5.01. The predicted octanol–water partition coefficient (Wildman–Crippen LogP) is 3.95. The summed E-state index contributed by atoms with van der Waals surface area (Å²) in [5.74, 6) is -0.389. The van der Waals surface area contributed by atoms with Crippen LogP contribution in [0.4, 0.5) is 15.9 Å². The summed E-state index contributed by atoms with van der Waals surface area (Å²) < 4.78 is 14.8. The monoisotopic (exact) mass is 428 g/mol. The summed E-state index contributed by atoms with van der Waals surface area (Å²) in [6.07, 6.45) is 2.71. The van der Waals surface area contributed by atoms with Gasteiger partial charge in [0.05, 0.1) is 6.54 Å². The van der Waals surface area contributed by atoms with Crippen molar-refractivity contribution in [1.29, 1.82) is 0 Å². The molecule has 7 heteroatoms. The van der Waals surface area contributed by atoms with Crippen molar-refractivity contribution in [2.45, 2.75) is 6.42 Å². The highest BCUT2D eigenvalue weighted by Gasteiger charge is 2.17. The Morgan fingerprint density at radius 3 is 2.53 bits per heavy atom. The fraction of sp³-hybridized carbons (Fsp3) is 0.200. The zero-order chi connectivity index (χ0) is 22.2. The Labute approximate surface area is 186 Å². The third kappa shape index (κ3) is 3.66. The normalized spacial score (nSPS) is 15.5. The molecular formula is C25H25FN6. The van der Waals surface area contributed by atoms with Crippen LogP contribution in [0.3, 0.4) is 0 Å². The number of hydrazone groups is 1.